The Morgan fingerprint density at radius 1 is 1.32 bits per heavy atom. The van der Waals surface area contributed by atoms with Gasteiger partial charge >= 0.3 is 0 Å². The molecule has 0 radical (unpaired) electrons. The Morgan fingerprint density at radius 2 is 1.89 bits per heavy atom. The second-order valence-electron chi connectivity index (χ2n) is 6.84. The maximum Gasteiger partial charge on any atom is 0.127 e. The Kier molecular flexibility index (Phi) is 6.48. The van der Waals surface area contributed by atoms with Gasteiger partial charge in [0.05, 0.1) is 0 Å². The lowest BCUT2D eigenvalue weighted by atomic mass is 9.71. The van der Waals surface area contributed by atoms with Crippen LogP contribution in [0.2, 0.25) is 0 Å². The van der Waals surface area contributed by atoms with Crippen LogP contribution in [-0.2, 0) is 4.79 Å². The third-order valence-electron chi connectivity index (χ3n) is 4.70. The summed E-state index contributed by atoms with van der Waals surface area (Å²) >= 11 is 0. The third-order valence-corrected chi connectivity index (χ3v) is 4.70. The van der Waals surface area contributed by atoms with E-state index < -0.39 is 0 Å². The second kappa shape index (κ2) is 7.39. The predicted molar refractivity (Wildman–Crippen MR) is 81.4 cm³/mol. The summed E-state index contributed by atoms with van der Waals surface area (Å²) in [5, 5.41) is 0. The van der Waals surface area contributed by atoms with E-state index in [1.54, 1.807) is 0 Å². The molecule has 0 bridgehead atoms. The van der Waals surface area contributed by atoms with Gasteiger partial charge in [0.1, 0.15) is 6.29 Å². The molecule has 0 aromatic heterocycles. The lowest BCUT2D eigenvalue weighted by Crippen LogP contribution is -2.47. The Labute approximate surface area is 119 Å². The number of carbonyl (C=O) groups is 1. The molecule has 1 aliphatic rings. The minimum Gasteiger partial charge on any atom is -0.308 e. The highest BCUT2D eigenvalue weighted by molar-refractivity contribution is 5.60. The molecule has 19 heavy (non-hydrogen) atoms. The molecule has 0 amide bonds. The van der Waals surface area contributed by atoms with E-state index in [4.69, 9.17) is 0 Å². The van der Waals surface area contributed by atoms with Gasteiger partial charge in [-0.15, -0.1) is 0 Å². The molecule has 1 aliphatic carbocycles. The first-order valence-electron chi connectivity index (χ1n) is 7.77. The van der Waals surface area contributed by atoms with Gasteiger partial charge in [-0.1, -0.05) is 13.8 Å². The molecule has 3 heteroatoms. The summed E-state index contributed by atoms with van der Waals surface area (Å²) in [7, 11) is 4.23. The highest BCUT2D eigenvalue weighted by atomic mass is 16.1. The van der Waals surface area contributed by atoms with E-state index in [0.717, 1.165) is 38.4 Å². The van der Waals surface area contributed by atoms with E-state index in [2.05, 4.69) is 44.7 Å². The first kappa shape index (κ1) is 16.6. The average molecular weight is 268 g/mol. The van der Waals surface area contributed by atoms with E-state index in [0.29, 0.717) is 6.04 Å². The molecule has 1 rings (SSSR count). The molecule has 0 aromatic carbocycles. The first-order chi connectivity index (χ1) is 8.92. The quantitative estimate of drug-likeness (QED) is 0.663. The molecule has 1 unspecified atom stereocenters. The van der Waals surface area contributed by atoms with Crippen LogP contribution in [-0.4, -0.2) is 55.9 Å². The zero-order valence-electron chi connectivity index (χ0n) is 13.5. The molecule has 0 heterocycles. The number of nitrogens with zero attached hydrogens (tertiary/aromatic N) is 2. The predicted octanol–water partition coefficient (Wildman–Crippen LogP) is 2.65. The van der Waals surface area contributed by atoms with Gasteiger partial charge in [-0.25, -0.2) is 0 Å². The summed E-state index contributed by atoms with van der Waals surface area (Å²) in [6, 6.07) is 0.510. The Balaban J connectivity index is 2.64. The first-order valence-corrected chi connectivity index (χ1v) is 7.77. The van der Waals surface area contributed by atoms with Gasteiger partial charge in [0, 0.05) is 24.5 Å². The molecule has 0 spiro atoms. The average Bonchev–Trinajstić information content (AvgIpc) is 2.37. The fourth-order valence-corrected chi connectivity index (χ4v) is 3.28. The van der Waals surface area contributed by atoms with Crippen LogP contribution in [0.1, 0.15) is 46.5 Å². The van der Waals surface area contributed by atoms with Gasteiger partial charge in [-0.3, -0.25) is 4.90 Å². The van der Waals surface area contributed by atoms with Crippen molar-refractivity contribution in [2.45, 2.75) is 52.5 Å². The Hall–Kier alpha value is -0.410. The smallest absolute Gasteiger partial charge is 0.127 e. The lowest BCUT2D eigenvalue weighted by Gasteiger charge is -2.41. The number of hydrogen-bond acceptors (Lipinski definition) is 3. The van der Waals surface area contributed by atoms with Crippen molar-refractivity contribution in [2.24, 2.45) is 11.3 Å². The summed E-state index contributed by atoms with van der Waals surface area (Å²) in [5.74, 6) is 0.794. The second-order valence-corrected chi connectivity index (χ2v) is 6.84. The standard InChI is InChI=1S/C16H32N2O/c1-6-18(15(3)11-17(4)5)12-16(13-19)9-7-14(2)8-10-16/h13-15H,6-12H2,1-5H3. The van der Waals surface area contributed by atoms with Crippen molar-refractivity contribution in [2.75, 3.05) is 33.7 Å². The van der Waals surface area contributed by atoms with E-state index >= 15 is 0 Å². The molecule has 1 fully saturated rings. The molecular formula is C16H32N2O. The van der Waals surface area contributed by atoms with Crippen molar-refractivity contribution in [1.29, 1.82) is 0 Å². The minimum atomic E-state index is -0.0803. The van der Waals surface area contributed by atoms with Crippen LogP contribution in [0.15, 0.2) is 0 Å². The number of aldehydes is 1. The van der Waals surface area contributed by atoms with Gasteiger partial charge in [-0.05, 0) is 59.2 Å². The van der Waals surface area contributed by atoms with E-state index in [1.165, 1.54) is 19.1 Å². The molecule has 1 atom stereocenters. The number of likely N-dealkylation sites (N-methyl/N-ethyl adjacent to an activating group) is 2. The fourth-order valence-electron chi connectivity index (χ4n) is 3.28. The topological polar surface area (TPSA) is 23.6 Å². The summed E-state index contributed by atoms with van der Waals surface area (Å²) in [6.45, 7) is 9.80. The molecule has 1 saturated carbocycles. The molecule has 0 aromatic rings. The highest BCUT2D eigenvalue weighted by Gasteiger charge is 2.36. The van der Waals surface area contributed by atoms with Crippen LogP contribution in [0, 0.1) is 11.3 Å². The number of hydrogen-bond donors (Lipinski definition) is 0. The van der Waals surface area contributed by atoms with Crippen molar-refractivity contribution in [1.82, 2.24) is 9.80 Å². The van der Waals surface area contributed by atoms with Crippen LogP contribution in [0.25, 0.3) is 0 Å². The van der Waals surface area contributed by atoms with Crippen LogP contribution in [0.5, 0.6) is 0 Å². The molecule has 112 valence electrons. The van der Waals surface area contributed by atoms with Crippen molar-refractivity contribution < 1.29 is 4.79 Å². The SMILES string of the molecule is CCN(CC1(C=O)CCC(C)CC1)C(C)CN(C)C. The van der Waals surface area contributed by atoms with Gasteiger partial charge in [0.15, 0.2) is 0 Å². The third kappa shape index (κ3) is 4.88. The van der Waals surface area contributed by atoms with Gasteiger partial charge in [-0.2, -0.15) is 0 Å². The molecule has 0 N–H and O–H groups in total. The van der Waals surface area contributed by atoms with E-state index in [-0.39, 0.29) is 5.41 Å². The molecule has 3 nitrogen and oxygen atoms in total. The Morgan fingerprint density at radius 3 is 2.32 bits per heavy atom. The number of carbonyl (C=O) groups excluding carboxylic acids is 1. The van der Waals surface area contributed by atoms with Gasteiger partial charge < -0.3 is 9.69 Å². The van der Waals surface area contributed by atoms with Crippen molar-refractivity contribution in [3.63, 3.8) is 0 Å². The zero-order valence-corrected chi connectivity index (χ0v) is 13.5. The number of rotatable bonds is 7. The molecule has 0 aliphatic heterocycles. The Bertz CT molecular complexity index is 270. The normalized spacial score (nSPS) is 29.7. The maximum atomic E-state index is 11.6. The van der Waals surface area contributed by atoms with E-state index in [1.807, 2.05) is 0 Å². The van der Waals surface area contributed by atoms with Crippen molar-refractivity contribution >= 4 is 6.29 Å². The zero-order chi connectivity index (χ0) is 14.5. The summed E-state index contributed by atoms with van der Waals surface area (Å²) < 4.78 is 0. The maximum absolute atomic E-state index is 11.6. The fraction of sp³-hybridized carbons (Fsp3) is 0.938. The summed E-state index contributed by atoms with van der Waals surface area (Å²) in [5.41, 5.74) is -0.0803. The van der Waals surface area contributed by atoms with Crippen molar-refractivity contribution in [3.8, 4) is 0 Å². The minimum absolute atomic E-state index is 0.0803. The van der Waals surface area contributed by atoms with Crippen LogP contribution < -0.4 is 0 Å². The monoisotopic (exact) mass is 268 g/mol. The van der Waals surface area contributed by atoms with Crippen LogP contribution in [0.3, 0.4) is 0 Å². The van der Waals surface area contributed by atoms with Gasteiger partial charge in [0.25, 0.3) is 0 Å². The molecule has 0 saturated heterocycles. The van der Waals surface area contributed by atoms with Gasteiger partial charge in [0.2, 0.25) is 0 Å². The highest BCUT2D eigenvalue weighted by Crippen LogP contribution is 2.38. The van der Waals surface area contributed by atoms with E-state index in [9.17, 15) is 4.79 Å². The van der Waals surface area contributed by atoms with Crippen molar-refractivity contribution in [3.05, 3.63) is 0 Å². The summed E-state index contributed by atoms with van der Waals surface area (Å²) in [6.07, 6.45) is 5.81. The largest absolute Gasteiger partial charge is 0.308 e. The molecular weight excluding hydrogens is 236 g/mol. The summed E-state index contributed by atoms with van der Waals surface area (Å²) in [4.78, 5) is 16.4. The van der Waals surface area contributed by atoms with Crippen LogP contribution in [0.4, 0.5) is 0 Å². The van der Waals surface area contributed by atoms with Crippen LogP contribution >= 0.6 is 0 Å². The lowest BCUT2D eigenvalue weighted by molar-refractivity contribution is -0.120.